The van der Waals surface area contributed by atoms with Crippen molar-refractivity contribution in [2.45, 2.75) is 38.1 Å². The predicted octanol–water partition coefficient (Wildman–Crippen LogP) is 2.43. The van der Waals surface area contributed by atoms with Crippen molar-refractivity contribution in [2.24, 2.45) is 13.0 Å². The third kappa shape index (κ3) is 4.50. The molecule has 1 aliphatic heterocycles. The van der Waals surface area contributed by atoms with Gasteiger partial charge in [0.05, 0.1) is 30.6 Å². The van der Waals surface area contributed by atoms with Gasteiger partial charge in [-0.15, -0.1) is 5.10 Å². The van der Waals surface area contributed by atoms with Crippen LogP contribution < -0.4 is 0 Å². The molecular formula is C23H28N6O2. The number of Topliss-reactive ketones (excluding diaryl/α,β-unsaturated/α-hetero) is 1. The number of rotatable bonds is 5. The number of ketones is 1. The lowest BCUT2D eigenvalue weighted by molar-refractivity contribution is -0.123. The highest BCUT2D eigenvalue weighted by Crippen LogP contribution is 2.29. The topological polar surface area (TPSA) is 86.0 Å². The van der Waals surface area contributed by atoms with Gasteiger partial charge < -0.3 is 4.74 Å². The highest BCUT2D eigenvalue weighted by molar-refractivity contribution is 5.85. The molecule has 0 atom stereocenters. The minimum atomic E-state index is 0.147. The lowest BCUT2D eigenvalue weighted by Crippen LogP contribution is -2.45. The predicted molar refractivity (Wildman–Crippen MR) is 116 cm³/mol. The van der Waals surface area contributed by atoms with E-state index >= 15 is 0 Å². The van der Waals surface area contributed by atoms with Gasteiger partial charge in [0.25, 0.3) is 0 Å². The van der Waals surface area contributed by atoms with Crippen LogP contribution >= 0.6 is 0 Å². The van der Waals surface area contributed by atoms with Crippen molar-refractivity contribution in [1.82, 2.24) is 29.9 Å². The molecule has 162 valence electrons. The average Bonchev–Trinajstić information content (AvgIpc) is 3.25. The summed E-state index contributed by atoms with van der Waals surface area (Å²) in [5, 5.41) is 9.07. The summed E-state index contributed by atoms with van der Waals surface area (Å²) in [4.78, 5) is 24.7. The zero-order chi connectivity index (χ0) is 21.2. The highest BCUT2D eigenvalue weighted by Gasteiger charge is 2.30. The first-order chi connectivity index (χ1) is 15.2. The number of ether oxygens (including phenoxy) is 1. The summed E-state index contributed by atoms with van der Waals surface area (Å²) in [7, 11) is 1.83. The zero-order valence-corrected chi connectivity index (χ0v) is 17.9. The molecule has 0 amide bonds. The van der Waals surface area contributed by atoms with Crippen LogP contribution in [-0.4, -0.2) is 68.0 Å². The molecular weight excluding hydrogens is 392 g/mol. The van der Waals surface area contributed by atoms with Crippen LogP contribution in [0.1, 0.15) is 31.4 Å². The standard InChI is InChI=1S/C23H28N6O2/c1-28-15-22(26-27-28)20-7-4-17-14-24-18(12-21(17)25-20)13-23(30)16-2-5-19(6-3-16)29-8-10-31-11-9-29/h4,7,12,14-16,19H,2-3,5-6,8-11,13H2,1H3. The quantitative estimate of drug-likeness (QED) is 0.627. The summed E-state index contributed by atoms with van der Waals surface area (Å²) in [6.07, 6.45) is 8.18. The molecule has 2 aliphatic rings. The largest absolute Gasteiger partial charge is 0.379 e. The van der Waals surface area contributed by atoms with Gasteiger partial charge in [0.15, 0.2) is 0 Å². The fraction of sp³-hybridized carbons (Fsp3) is 0.522. The molecule has 5 rings (SSSR count). The van der Waals surface area contributed by atoms with Crippen LogP contribution in [0.5, 0.6) is 0 Å². The lowest BCUT2D eigenvalue weighted by Gasteiger charge is -2.38. The van der Waals surface area contributed by atoms with Crippen molar-refractivity contribution in [3.8, 4) is 11.4 Å². The van der Waals surface area contributed by atoms with E-state index in [0.29, 0.717) is 18.2 Å². The molecule has 0 aromatic carbocycles. The maximum absolute atomic E-state index is 13.0. The van der Waals surface area contributed by atoms with Gasteiger partial charge in [-0.25, -0.2) is 4.98 Å². The van der Waals surface area contributed by atoms with E-state index in [-0.39, 0.29) is 5.92 Å². The Balaban J connectivity index is 1.24. The molecule has 1 saturated carbocycles. The summed E-state index contributed by atoms with van der Waals surface area (Å²) in [6, 6.07) is 6.45. The summed E-state index contributed by atoms with van der Waals surface area (Å²) < 4.78 is 7.12. The van der Waals surface area contributed by atoms with Crippen molar-refractivity contribution in [3.63, 3.8) is 0 Å². The Bertz CT molecular complexity index is 1070. The van der Waals surface area contributed by atoms with Gasteiger partial charge in [-0.3, -0.25) is 19.4 Å². The maximum atomic E-state index is 13.0. The van der Waals surface area contributed by atoms with Crippen molar-refractivity contribution in [2.75, 3.05) is 26.3 Å². The first kappa shape index (κ1) is 20.2. The fourth-order valence-corrected chi connectivity index (χ4v) is 4.79. The Morgan fingerprint density at radius 3 is 2.68 bits per heavy atom. The second-order valence-corrected chi connectivity index (χ2v) is 8.64. The van der Waals surface area contributed by atoms with E-state index in [1.165, 1.54) is 0 Å². The van der Waals surface area contributed by atoms with E-state index in [1.54, 1.807) is 10.9 Å². The molecule has 3 aromatic rings. The number of morpholine rings is 1. The number of nitrogens with zero attached hydrogens (tertiary/aromatic N) is 6. The Hall–Kier alpha value is -2.71. The Labute approximate surface area is 181 Å². The van der Waals surface area contributed by atoms with Crippen LogP contribution in [0.4, 0.5) is 0 Å². The second-order valence-electron chi connectivity index (χ2n) is 8.64. The van der Waals surface area contributed by atoms with Crippen LogP contribution in [0.2, 0.25) is 0 Å². The molecule has 0 radical (unpaired) electrons. The van der Waals surface area contributed by atoms with Gasteiger partial charge in [0.2, 0.25) is 0 Å². The second kappa shape index (κ2) is 8.80. The molecule has 8 nitrogen and oxygen atoms in total. The minimum absolute atomic E-state index is 0.147. The molecule has 0 N–H and O–H groups in total. The van der Waals surface area contributed by atoms with Crippen LogP contribution in [-0.2, 0) is 23.0 Å². The summed E-state index contributed by atoms with van der Waals surface area (Å²) in [6.45, 7) is 3.71. The van der Waals surface area contributed by atoms with Crippen LogP contribution in [0.3, 0.4) is 0 Å². The zero-order valence-electron chi connectivity index (χ0n) is 17.9. The van der Waals surface area contributed by atoms with Gasteiger partial charge in [-0.2, -0.15) is 0 Å². The van der Waals surface area contributed by atoms with Gasteiger partial charge >= 0.3 is 0 Å². The third-order valence-electron chi connectivity index (χ3n) is 6.56. The van der Waals surface area contributed by atoms with E-state index in [9.17, 15) is 4.79 Å². The third-order valence-corrected chi connectivity index (χ3v) is 6.56. The lowest BCUT2D eigenvalue weighted by atomic mass is 9.81. The Morgan fingerprint density at radius 2 is 1.94 bits per heavy atom. The van der Waals surface area contributed by atoms with Gasteiger partial charge in [-0.1, -0.05) is 5.21 Å². The first-order valence-electron chi connectivity index (χ1n) is 11.1. The number of hydrogen-bond donors (Lipinski definition) is 0. The minimum Gasteiger partial charge on any atom is -0.379 e. The molecule has 4 heterocycles. The van der Waals surface area contributed by atoms with Crippen molar-refractivity contribution >= 4 is 16.7 Å². The molecule has 2 fully saturated rings. The van der Waals surface area contributed by atoms with Crippen molar-refractivity contribution in [1.29, 1.82) is 0 Å². The van der Waals surface area contributed by atoms with Crippen molar-refractivity contribution < 1.29 is 9.53 Å². The van der Waals surface area contributed by atoms with Gasteiger partial charge in [-0.05, 0) is 43.9 Å². The normalized spacial score (nSPS) is 22.6. The Kier molecular flexibility index (Phi) is 5.74. The number of aryl methyl sites for hydroxylation is 1. The van der Waals surface area contributed by atoms with E-state index < -0.39 is 0 Å². The molecule has 0 spiro atoms. The summed E-state index contributed by atoms with van der Waals surface area (Å²) in [5.74, 6) is 0.450. The number of aromatic nitrogens is 5. The van der Waals surface area contributed by atoms with E-state index in [4.69, 9.17) is 9.72 Å². The summed E-state index contributed by atoms with van der Waals surface area (Å²) >= 11 is 0. The summed E-state index contributed by atoms with van der Waals surface area (Å²) in [5.41, 5.74) is 3.12. The number of pyridine rings is 2. The average molecular weight is 421 g/mol. The number of fused-ring (bicyclic) bond motifs is 1. The molecule has 3 aromatic heterocycles. The first-order valence-corrected chi connectivity index (χ1v) is 11.1. The molecule has 8 heteroatoms. The number of hydrogen-bond acceptors (Lipinski definition) is 7. The van der Waals surface area contributed by atoms with Crippen LogP contribution in [0, 0.1) is 5.92 Å². The van der Waals surface area contributed by atoms with Crippen LogP contribution in [0.15, 0.2) is 30.6 Å². The maximum Gasteiger partial charge on any atom is 0.141 e. The highest BCUT2D eigenvalue weighted by atomic mass is 16.5. The number of carbonyl (C=O) groups excluding carboxylic acids is 1. The molecule has 31 heavy (non-hydrogen) atoms. The van der Waals surface area contributed by atoms with E-state index in [0.717, 1.165) is 80.0 Å². The molecule has 1 saturated heterocycles. The molecule has 0 unspecified atom stereocenters. The molecule has 1 aliphatic carbocycles. The SMILES string of the molecule is Cn1cc(-c2ccc3cnc(CC(=O)C4CCC(N5CCOCC5)CC4)cc3n2)nn1. The van der Waals surface area contributed by atoms with Gasteiger partial charge in [0.1, 0.15) is 11.5 Å². The van der Waals surface area contributed by atoms with Crippen molar-refractivity contribution in [3.05, 3.63) is 36.3 Å². The van der Waals surface area contributed by atoms with E-state index in [1.807, 2.05) is 31.4 Å². The van der Waals surface area contributed by atoms with E-state index in [2.05, 4.69) is 20.2 Å². The number of carbonyl (C=O) groups is 1. The smallest absolute Gasteiger partial charge is 0.141 e. The monoisotopic (exact) mass is 420 g/mol. The van der Waals surface area contributed by atoms with Crippen LogP contribution in [0.25, 0.3) is 22.3 Å². The Morgan fingerprint density at radius 1 is 1.13 bits per heavy atom. The fourth-order valence-electron chi connectivity index (χ4n) is 4.79. The van der Waals surface area contributed by atoms with Gasteiger partial charge in [0, 0.05) is 55.8 Å². The molecule has 0 bridgehead atoms.